The van der Waals surface area contributed by atoms with Gasteiger partial charge in [-0.25, -0.2) is 4.39 Å². The number of nitriles is 1. The van der Waals surface area contributed by atoms with Crippen LogP contribution >= 0.6 is 0 Å². The molecule has 0 unspecified atom stereocenters. The van der Waals surface area contributed by atoms with Crippen LogP contribution in [0.1, 0.15) is 5.56 Å². The van der Waals surface area contributed by atoms with E-state index in [9.17, 15) is 4.39 Å². The van der Waals surface area contributed by atoms with Gasteiger partial charge in [-0.3, -0.25) is 5.10 Å². The molecular weight excluding hydrogens is 297 g/mol. The Labute approximate surface area is 131 Å². The minimum atomic E-state index is -0.324. The summed E-state index contributed by atoms with van der Waals surface area (Å²) in [5.74, 6) is 1.02. The summed E-state index contributed by atoms with van der Waals surface area (Å²) in [6.07, 6.45) is 1.58. The maximum atomic E-state index is 13.1. The summed E-state index contributed by atoms with van der Waals surface area (Å²) in [5.41, 5.74) is 1.69. The highest BCUT2D eigenvalue weighted by Crippen LogP contribution is 2.36. The molecule has 0 aliphatic rings. The first kappa shape index (κ1) is 14.6. The van der Waals surface area contributed by atoms with Crippen LogP contribution in [0.4, 0.5) is 4.39 Å². The van der Waals surface area contributed by atoms with Crippen LogP contribution in [-0.4, -0.2) is 17.3 Å². The molecular formula is C17H12FN3O2. The van der Waals surface area contributed by atoms with Gasteiger partial charge in [0.1, 0.15) is 11.5 Å². The minimum absolute atomic E-state index is 0.324. The number of methoxy groups -OCH3 is 1. The number of aromatic nitrogens is 2. The van der Waals surface area contributed by atoms with Crippen LogP contribution in [0.15, 0.2) is 48.7 Å². The molecule has 3 aromatic rings. The van der Waals surface area contributed by atoms with Crippen molar-refractivity contribution in [3.63, 3.8) is 0 Å². The lowest BCUT2D eigenvalue weighted by molar-refractivity contribution is 0.379. The zero-order valence-electron chi connectivity index (χ0n) is 12.2. The molecule has 0 saturated carbocycles. The Morgan fingerprint density at radius 2 is 1.87 bits per heavy atom. The van der Waals surface area contributed by atoms with Crippen molar-refractivity contribution < 1.29 is 13.9 Å². The Morgan fingerprint density at radius 1 is 1.09 bits per heavy atom. The van der Waals surface area contributed by atoms with Crippen molar-refractivity contribution in [2.45, 2.75) is 0 Å². The van der Waals surface area contributed by atoms with E-state index in [1.807, 2.05) is 0 Å². The van der Waals surface area contributed by atoms with Crippen LogP contribution in [-0.2, 0) is 0 Å². The molecule has 0 fully saturated rings. The third-order valence-corrected chi connectivity index (χ3v) is 3.24. The Morgan fingerprint density at radius 3 is 2.57 bits per heavy atom. The number of nitrogens with zero attached hydrogens (tertiary/aromatic N) is 2. The summed E-state index contributed by atoms with van der Waals surface area (Å²) in [4.78, 5) is 0. The lowest BCUT2D eigenvalue weighted by Crippen LogP contribution is -1.92. The minimum Gasteiger partial charge on any atom is -0.493 e. The quantitative estimate of drug-likeness (QED) is 0.793. The first-order valence-corrected chi connectivity index (χ1v) is 6.77. The molecule has 1 heterocycles. The van der Waals surface area contributed by atoms with Gasteiger partial charge in [-0.15, -0.1) is 0 Å². The predicted molar refractivity (Wildman–Crippen MR) is 81.8 cm³/mol. The van der Waals surface area contributed by atoms with E-state index in [-0.39, 0.29) is 5.82 Å². The summed E-state index contributed by atoms with van der Waals surface area (Å²) < 4.78 is 24.1. The number of rotatable bonds is 4. The summed E-state index contributed by atoms with van der Waals surface area (Å²) in [6, 6.07) is 12.9. The van der Waals surface area contributed by atoms with E-state index >= 15 is 0 Å². The molecule has 5 nitrogen and oxygen atoms in total. The van der Waals surface area contributed by atoms with Crippen molar-refractivity contribution in [1.82, 2.24) is 10.2 Å². The number of ether oxygens (including phenoxy) is 2. The first-order valence-electron chi connectivity index (χ1n) is 6.77. The van der Waals surface area contributed by atoms with Crippen LogP contribution in [0.25, 0.3) is 11.3 Å². The number of benzene rings is 2. The normalized spacial score (nSPS) is 10.1. The van der Waals surface area contributed by atoms with Crippen molar-refractivity contribution in [2.24, 2.45) is 0 Å². The molecule has 0 amide bonds. The van der Waals surface area contributed by atoms with Crippen LogP contribution in [0.2, 0.25) is 0 Å². The maximum absolute atomic E-state index is 13.1. The van der Waals surface area contributed by atoms with Crippen molar-refractivity contribution in [2.75, 3.05) is 7.11 Å². The molecule has 0 saturated heterocycles. The number of halogens is 1. The van der Waals surface area contributed by atoms with Crippen molar-refractivity contribution in [3.8, 4) is 34.6 Å². The van der Waals surface area contributed by atoms with Gasteiger partial charge in [0, 0.05) is 11.6 Å². The van der Waals surface area contributed by atoms with E-state index in [0.717, 1.165) is 0 Å². The maximum Gasteiger partial charge on any atom is 0.173 e. The van der Waals surface area contributed by atoms with Gasteiger partial charge in [0.15, 0.2) is 17.2 Å². The van der Waals surface area contributed by atoms with Crippen molar-refractivity contribution in [1.29, 1.82) is 5.26 Å². The molecule has 3 rings (SSSR count). The molecule has 2 aromatic carbocycles. The van der Waals surface area contributed by atoms with E-state index in [1.54, 1.807) is 36.5 Å². The molecule has 0 bridgehead atoms. The van der Waals surface area contributed by atoms with E-state index in [4.69, 9.17) is 14.7 Å². The second-order valence-corrected chi connectivity index (χ2v) is 4.68. The van der Waals surface area contributed by atoms with E-state index in [0.29, 0.717) is 34.1 Å². The average Bonchev–Trinajstić information content (AvgIpc) is 3.03. The Bertz CT molecular complexity index is 866. The molecule has 0 spiro atoms. The lowest BCUT2D eigenvalue weighted by Gasteiger charge is -2.10. The highest BCUT2D eigenvalue weighted by atomic mass is 19.1. The number of aromatic amines is 1. The highest BCUT2D eigenvalue weighted by Gasteiger charge is 2.14. The van der Waals surface area contributed by atoms with Gasteiger partial charge in [-0.1, -0.05) is 0 Å². The smallest absolute Gasteiger partial charge is 0.173 e. The fourth-order valence-electron chi connectivity index (χ4n) is 2.12. The SMILES string of the molecule is COc1ccc(C#N)cc1Oc1c[nH]nc1-c1ccc(F)cc1. The van der Waals surface area contributed by atoms with Crippen LogP contribution < -0.4 is 9.47 Å². The molecule has 114 valence electrons. The third-order valence-electron chi connectivity index (χ3n) is 3.24. The summed E-state index contributed by atoms with van der Waals surface area (Å²) in [5, 5.41) is 15.9. The molecule has 0 aliphatic heterocycles. The number of H-pyrrole nitrogens is 1. The lowest BCUT2D eigenvalue weighted by atomic mass is 10.1. The number of nitrogens with one attached hydrogen (secondary N) is 1. The third kappa shape index (κ3) is 2.99. The number of hydrogen-bond donors (Lipinski definition) is 1. The molecule has 0 aliphatic carbocycles. The van der Waals surface area contributed by atoms with E-state index < -0.39 is 0 Å². The van der Waals surface area contributed by atoms with Crippen molar-refractivity contribution >= 4 is 0 Å². The molecule has 23 heavy (non-hydrogen) atoms. The molecule has 6 heteroatoms. The van der Waals surface area contributed by atoms with Gasteiger partial charge >= 0.3 is 0 Å². The second-order valence-electron chi connectivity index (χ2n) is 4.68. The Hall–Kier alpha value is -3.33. The predicted octanol–water partition coefficient (Wildman–Crippen LogP) is 3.89. The Balaban J connectivity index is 1.98. The van der Waals surface area contributed by atoms with Crippen molar-refractivity contribution in [3.05, 3.63) is 60.0 Å². The molecule has 1 aromatic heterocycles. The topological polar surface area (TPSA) is 70.9 Å². The van der Waals surface area contributed by atoms with Gasteiger partial charge in [0.2, 0.25) is 0 Å². The fourth-order valence-corrected chi connectivity index (χ4v) is 2.12. The average molecular weight is 309 g/mol. The van der Waals surface area contributed by atoms with Gasteiger partial charge in [-0.2, -0.15) is 10.4 Å². The van der Waals surface area contributed by atoms with Crippen LogP contribution in [0.3, 0.4) is 0 Å². The largest absolute Gasteiger partial charge is 0.493 e. The summed E-state index contributed by atoms with van der Waals surface area (Å²) in [7, 11) is 1.52. The molecule has 0 radical (unpaired) electrons. The van der Waals surface area contributed by atoms with Gasteiger partial charge in [-0.05, 0) is 36.4 Å². The van der Waals surface area contributed by atoms with Crippen LogP contribution in [0, 0.1) is 17.1 Å². The second kappa shape index (κ2) is 6.20. The monoisotopic (exact) mass is 309 g/mol. The highest BCUT2D eigenvalue weighted by molar-refractivity contribution is 5.66. The van der Waals surface area contributed by atoms with Gasteiger partial charge in [0.25, 0.3) is 0 Å². The van der Waals surface area contributed by atoms with Crippen LogP contribution in [0.5, 0.6) is 17.2 Å². The van der Waals surface area contributed by atoms with Gasteiger partial charge in [0.05, 0.1) is 24.9 Å². The summed E-state index contributed by atoms with van der Waals surface area (Å²) in [6.45, 7) is 0. The zero-order valence-corrected chi connectivity index (χ0v) is 12.2. The first-order chi connectivity index (χ1) is 11.2. The van der Waals surface area contributed by atoms with E-state index in [1.165, 1.54) is 19.2 Å². The van der Waals surface area contributed by atoms with Gasteiger partial charge < -0.3 is 9.47 Å². The zero-order chi connectivity index (χ0) is 16.2. The standard InChI is InChI=1S/C17H12FN3O2/c1-22-14-7-2-11(9-19)8-15(14)23-16-10-20-21-17(16)12-3-5-13(18)6-4-12/h2-8,10H,1H3,(H,20,21). The van der Waals surface area contributed by atoms with E-state index in [2.05, 4.69) is 16.3 Å². The summed E-state index contributed by atoms with van der Waals surface area (Å²) >= 11 is 0. The fraction of sp³-hybridized carbons (Fsp3) is 0.0588. The Kier molecular flexibility index (Phi) is 3.93. The number of hydrogen-bond acceptors (Lipinski definition) is 4. The molecule has 1 N–H and O–H groups in total. The molecule has 0 atom stereocenters.